The first kappa shape index (κ1) is 15.0. The molecule has 6 heteroatoms. The zero-order valence-corrected chi connectivity index (χ0v) is 12.3. The Balaban J connectivity index is 2.26. The maximum Gasteiger partial charge on any atom is 0.270 e. The largest absolute Gasteiger partial charge is 0.322 e. The number of amides is 1. The van der Waals surface area contributed by atoms with Crippen LogP contribution in [0.4, 0.5) is 11.4 Å². The minimum atomic E-state index is -0.558. The van der Waals surface area contributed by atoms with Crippen LogP contribution < -0.4 is 5.32 Å². The summed E-state index contributed by atoms with van der Waals surface area (Å²) in [6.45, 7) is 3.85. The van der Waals surface area contributed by atoms with Crippen LogP contribution in [0.2, 0.25) is 5.02 Å². The first-order valence-corrected chi connectivity index (χ1v) is 6.59. The van der Waals surface area contributed by atoms with Gasteiger partial charge < -0.3 is 5.32 Å². The molecule has 0 saturated heterocycles. The summed E-state index contributed by atoms with van der Waals surface area (Å²) in [5, 5.41) is 13.4. The second-order valence-electron chi connectivity index (χ2n) is 4.69. The van der Waals surface area contributed by atoms with Crippen molar-refractivity contribution in [1.82, 2.24) is 0 Å². The van der Waals surface area contributed by atoms with Crippen LogP contribution in [0.15, 0.2) is 36.4 Å². The number of non-ortho nitro benzene ring substituents is 1. The van der Waals surface area contributed by atoms with Gasteiger partial charge in [-0.05, 0) is 31.5 Å². The summed E-state index contributed by atoms with van der Waals surface area (Å²) in [5.74, 6) is -0.401. The van der Waals surface area contributed by atoms with Crippen LogP contribution >= 0.6 is 11.6 Å². The van der Waals surface area contributed by atoms with Crippen molar-refractivity contribution in [2.24, 2.45) is 0 Å². The Labute approximate surface area is 126 Å². The molecule has 0 heterocycles. The molecule has 2 aromatic carbocycles. The van der Waals surface area contributed by atoms with E-state index in [1.54, 1.807) is 0 Å². The van der Waals surface area contributed by atoms with Gasteiger partial charge in [0.1, 0.15) is 0 Å². The molecule has 2 rings (SSSR count). The highest BCUT2D eigenvalue weighted by atomic mass is 35.5. The predicted molar refractivity (Wildman–Crippen MR) is 82.0 cm³/mol. The van der Waals surface area contributed by atoms with E-state index >= 15 is 0 Å². The number of benzene rings is 2. The standard InChI is InChI=1S/C15H13ClN2O3/c1-9-3-6-14(10(2)7-9)17-15(19)12-5-4-11(18(20)21)8-13(12)16/h3-8H,1-2H3,(H,17,19). The van der Waals surface area contributed by atoms with Crippen molar-refractivity contribution >= 4 is 28.9 Å². The number of halogens is 1. The number of carbonyl (C=O) groups is 1. The summed E-state index contributed by atoms with van der Waals surface area (Å²) in [7, 11) is 0. The van der Waals surface area contributed by atoms with Gasteiger partial charge in [0.15, 0.2) is 0 Å². The van der Waals surface area contributed by atoms with Crippen molar-refractivity contribution in [3.63, 3.8) is 0 Å². The van der Waals surface area contributed by atoms with Gasteiger partial charge >= 0.3 is 0 Å². The molecule has 0 aliphatic carbocycles. The van der Waals surface area contributed by atoms with Gasteiger partial charge in [-0.2, -0.15) is 0 Å². The Kier molecular flexibility index (Phi) is 4.23. The SMILES string of the molecule is Cc1ccc(NC(=O)c2ccc([N+](=O)[O-])cc2Cl)c(C)c1. The minimum Gasteiger partial charge on any atom is -0.322 e. The first-order valence-electron chi connectivity index (χ1n) is 6.21. The highest BCUT2D eigenvalue weighted by Crippen LogP contribution is 2.24. The Morgan fingerprint density at radius 2 is 1.90 bits per heavy atom. The van der Waals surface area contributed by atoms with E-state index in [0.29, 0.717) is 5.69 Å². The molecule has 0 atom stereocenters. The number of nitro benzene ring substituents is 1. The molecule has 108 valence electrons. The number of nitro groups is 1. The highest BCUT2D eigenvalue weighted by molar-refractivity contribution is 6.34. The van der Waals surface area contributed by atoms with Gasteiger partial charge in [-0.25, -0.2) is 0 Å². The molecule has 0 aliphatic heterocycles. The van der Waals surface area contributed by atoms with E-state index in [9.17, 15) is 14.9 Å². The predicted octanol–water partition coefficient (Wildman–Crippen LogP) is 4.12. The Morgan fingerprint density at radius 3 is 2.48 bits per heavy atom. The van der Waals surface area contributed by atoms with E-state index in [0.717, 1.165) is 11.1 Å². The van der Waals surface area contributed by atoms with Crippen molar-refractivity contribution in [1.29, 1.82) is 0 Å². The molecule has 0 aliphatic rings. The second-order valence-corrected chi connectivity index (χ2v) is 5.10. The summed E-state index contributed by atoms with van der Waals surface area (Å²) < 4.78 is 0. The van der Waals surface area contributed by atoms with Gasteiger partial charge in [0.2, 0.25) is 0 Å². The number of nitrogens with one attached hydrogen (secondary N) is 1. The third kappa shape index (κ3) is 3.38. The maximum atomic E-state index is 12.2. The zero-order chi connectivity index (χ0) is 15.6. The summed E-state index contributed by atoms with van der Waals surface area (Å²) in [6.07, 6.45) is 0. The van der Waals surface area contributed by atoms with Crippen LogP contribution in [-0.4, -0.2) is 10.8 Å². The van der Waals surface area contributed by atoms with E-state index in [-0.39, 0.29) is 16.3 Å². The lowest BCUT2D eigenvalue weighted by Crippen LogP contribution is -2.13. The fourth-order valence-electron chi connectivity index (χ4n) is 1.95. The monoisotopic (exact) mass is 304 g/mol. The van der Waals surface area contributed by atoms with Gasteiger partial charge in [-0.15, -0.1) is 0 Å². The van der Waals surface area contributed by atoms with Crippen LogP contribution in [0, 0.1) is 24.0 Å². The van der Waals surface area contributed by atoms with Gasteiger partial charge in [0, 0.05) is 17.8 Å². The molecule has 0 aromatic heterocycles. The highest BCUT2D eigenvalue weighted by Gasteiger charge is 2.15. The van der Waals surface area contributed by atoms with Crippen molar-refractivity contribution in [3.8, 4) is 0 Å². The smallest absolute Gasteiger partial charge is 0.270 e. The van der Waals surface area contributed by atoms with Crippen LogP contribution in [0.5, 0.6) is 0 Å². The normalized spacial score (nSPS) is 10.2. The van der Waals surface area contributed by atoms with Gasteiger partial charge in [0.05, 0.1) is 15.5 Å². The number of nitrogens with zero attached hydrogens (tertiary/aromatic N) is 1. The number of hydrogen-bond donors (Lipinski definition) is 1. The van der Waals surface area contributed by atoms with Crippen molar-refractivity contribution in [3.05, 3.63) is 68.2 Å². The molecule has 0 spiro atoms. The molecular formula is C15H13ClN2O3. The molecule has 0 bridgehead atoms. The average Bonchev–Trinajstić information content (AvgIpc) is 2.41. The Morgan fingerprint density at radius 1 is 1.19 bits per heavy atom. The second kappa shape index (κ2) is 5.93. The molecule has 0 radical (unpaired) electrons. The summed E-state index contributed by atoms with van der Waals surface area (Å²) in [6, 6.07) is 9.41. The van der Waals surface area contributed by atoms with E-state index in [1.807, 2.05) is 32.0 Å². The number of anilines is 1. The quantitative estimate of drug-likeness (QED) is 0.685. The molecule has 2 aromatic rings. The first-order chi connectivity index (χ1) is 9.88. The van der Waals surface area contributed by atoms with Crippen LogP contribution in [0.3, 0.4) is 0 Å². The van der Waals surface area contributed by atoms with Crippen LogP contribution in [0.25, 0.3) is 0 Å². The third-order valence-electron chi connectivity index (χ3n) is 3.04. The topological polar surface area (TPSA) is 72.2 Å². The fourth-order valence-corrected chi connectivity index (χ4v) is 2.21. The lowest BCUT2D eigenvalue weighted by Gasteiger charge is -2.10. The minimum absolute atomic E-state index is 0.0477. The van der Waals surface area contributed by atoms with E-state index in [1.165, 1.54) is 18.2 Å². The number of rotatable bonds is 3. The summed E-state index contributed by atoms with van der Waals surface area (Å²) in [4.78, 5) is 22.3. The van der Waals surface area contributed by atoms with E-state index in [2.05, 4.69) is 5.32 Å². The molecule has 0 saturated carbocycles. The average molecular weight is 305 g/mol. The van der Waals surface area contributed by atoms with Crippen molar-refractivity contribution in [2.45, 2.75) is 13.8 Å². The Hall–Kier alpha value is -2.40. The molecule has 0 unspecified atom stereocenters. The number of hydrogen-bond acceptors (Lipinski definition) is 3. The van der Waals surface area contributed by atoms with E-state index < -0.39 is 10.8 Å². The van der Waals surface area contributed by atoms with Crippen molar-refractivity contribution < 1.29 is 9.72 Å². The van der Waals surface area contributed by atoms with E-state index in [4.69, 9.17) is 11.6 Å². The van der Waals surface area contributed by atoms with Gasteiger partial charge in [-0.1, -0.05) is 29.3 Å². The molecule has 5 nitrogen and oxygen atoms in total. The van der Waals surface area contributed by atoms with Crippen molar-refractivity contribution in [2.75, 3.05) is 5.32 Å². The molecule has 21 heavy (non-hydrogen) atoms. The molecule has 1 amide bonds. The lowest BCUT2D eigenvalue weighted by molar-refractivity contribution is -0.384. The van der Waals surface area contributed by atoms with Crippen LogP contribution in [-0.2, 0) is 0 Å². The number of aryl methyl sites for hydroxylation is 2. The third-order valence-corrected chi connectivity index (χ3v) is 3.35. The molecule has 0 fully saturated rings. The Bertz CT molecular complexity index is 729. The number of carbonyl (C=O) groups excluding carboxylic acids is 1. The van der Waals surface area contributed by atoms with Crippen LogP contribution in [0.1, 0.15) is 21.5 Å². The van der Waals surface area contributed by atoms with Gasteiger partial charge in [0.25, 0.3) is 11.6 Å². The summed E-state index contributed by atoms with van der Waals surface area (Å²) in [5.41, 5.74) is 2.76. The lowest BCUT2D eigenvalue weighted by atomic mass is 10.1. The molecule has 1 N–H and O–H groups in total. The van der Waals surface area contributed by atoms with Gasteiger partial charge in [-0.3, -0.25) is 14.9 Å². The maximum absolute atomic E-state index is 12.2. The summed E-state index contributed by atoms with van der Waals surface area (Å²) >= 11 is 5.93. The zero-order valence-electron chi connectivity index (χ0n) is 11.5. The molecular weight excluding hydrogens is 292 g/mol. The fraction of sp³-hybridized carbons (Fsp3) is 0.133.